The van der Waals surface area contributed by atoms with Gasteiger partial charge in [0.15, 0.2) is 0 Å². The number of hydrogen-bond acceptors (Lipinski definition) is 1. The Labute approximate surface area is 91.9 Å². The standard InChI is InChI=1S/C9H6Br2S/c10-5-6-2-1-3-8-7(6)4-9(11)12-8/h1-4H,5H2. The lowest BCUT2D eigenvalue weighted by molar-refractivity contribution is 1.50. The maximum Gasteiger partial charge on any atom is 0.0711 e. The molecular formula is C9H6Br2S. The highest BCUT2D eigenvalue weighted by Crippen LogP contribution is 2.32. The van der Waals surface area contributed by atoms with E-state index in [4.69, 9.17) is 0 Å². The number of benzene rings is 1. The van der Waals surface area contributed by atoms with Crippen LogP contribution in [-0.4, -0.2) is 0 Å². The van der Waals surface area contributed by atoms with Crippen LogP contribution in [0.3, 0.4) is 0 Å². The van der Waals surface area contributed by atoms with Crippen LogP contribution in [0, 0.1) is 0 Å². The van der Waals surface area contributed by atoms with Gasteiger partial charge in [-0.15, -0.1) is 11.3 Å². The molecule has 0 spiro atoms. The molecule has 0 atom stereocenters. The topological polar surface area (TPSA) is 0 Å². The average molecular weight is 306 g/mol. The van der Waals surface area contributed by atoms with Crippen LogP contribution in [0.5, 0.6) is 0 Å². The summed E-state index contributed by atoms with van der Waals surface area (Å²) in [4.78, 5) is 0. The van der Waals surface area contributed by atoms with Gasteiger partial charge in [-0.1, -0.05) is 28.1 Å². The van der Waals surface area contributed by atoms with E-state index in [0.717, 1.165) is 5.33 Å². The molecule has 62 valence electrons. The number of hydrogen-bond donors (Lipinski definition) is 0. The fourth-order valence-corrected chi connectivity index (χ4v) is 3.28. The molecular weight excluding hydrogens is 300 g/mol. The molecule has 0 fully saturated rings. The number of rotatable bonds is 1. The Bertz CT molecular complexity index is 406. The van der Waals surface area contributed by atoms with Crippen molar-refractivity contribution in [3.8, 4) is 0 Å². The van der Waals surface area contributed by atoms with E-state index in [2.05, 4.69) is 56.1 Å². The van der Waals surface area contributed by atoms with Crippen LogP contribution in [0.1, 0.15) is 5.56 Å². The Morgan fingerprint density at radius 3 is 2.92 bits per heavy atom. The Balaban J connectivity index is 2.78. The van der Waals surface area contributed by atoms with Crippen LogP contribution in [-0.2, 0) is 5.33 Å². The van der Waals surface area contributed by atoms with Crippen LogP contribution >= 0.6 is 43.2 Å². The fraction of sp³-hybridized carbons (Fsp3) is 0.111. The van der Waals surface area contributed by atoms with Crippen LogP contribution in [0.4, 0.5) is 0 Å². The van der Waals surface area contributed by atoms with Gasteiger partial charge in [-0.05, 0) is 39.0 Å². The zero-order chi connectivity index (χ0) is 8.55. The van der Waals surface area contributed by atoms with Gasteiger partial charge < -0.3 is 0 Å². The third-order valence-electron chi connectivity index (χ3n) is 1.77. The van der Waals surface area contributed by atoms with E-state index in [1.165, 1.54) is 19.4 Å². The molecule has 2 aromatic rings. The minimum absolute atomic E-state index is 0.924. The highest BCUT2D eigenvalue weighted by molar-refractivity contribution is 9.11. The quantitative estimate of drug-likeness (QED) is 0.678. The van der Waals surface area contributed by atoms with E-state index in [9.17, 15) is 0 Å². The summed E-state index contributed by atoms with van der Waals surface area (Å²) >= 11 is 8.75. The summed E-state index contributed by atoms with van der Waals surface area (Å²) in [5.74, 6) is 0. The van der Waals surface area contributed by atoms with Gasteiger partial charge in [0.1, 0.15) is 0 Å². The summed E-state index contributed by atoms with van der Waals surface area (Å²) in [5, 5.41) is 2.28. The SMILES string of the molecule is BrCc1cccc2sc(Br)cc12. The third kappa shape index (κ3) is 1.45. The minimum atomic E-state index is 0.924. The number of fused-ring (bicyclic) bond motifs is 1. The smallest absolute Gasteiger partial charge is 0.0711 e. The van der Waals surface area contributed by atoms with Crippen molar-refractivity contribution in [2.24, 2.45) is 0 Å². The van der Waals surface area contributed by atoms with Crippen molar-refractivity contribution >= 4 is 53.3 Å². The molecule has 0 aliphatic carbocycles. The summed E-state index contributed by atoms with van der Waals surface area (Å²) in [6.07, 6.45) is 0. The van der Waals surface area contributed by atoms with Crippen molar-refractivity contribution in [3.63, 3.8) is 0 Å². The Morgan fingerprint density at radius 2 is 2.17 bits per heavy atom. The number of alkyl halides is 1. The molecule has 1 aromatic heterocycles. The fourth-order valence-electron chi connectivity index (χ4n) is 1.21. The van der Waals surface area contributed by atoms with Crippen molar-refractivity contribution in [1.82, 2.24) is 0 Å². The second-order valence-electron chi connectivity index (χ2n) is 2.51. The minimum Gasteiger partial charge on any atom is -0.128 e. The summed E-state index contributed by atoms with van der Waals surface area (Å²) in [5.41, 5.74) is 1.36. The average Bonchev–Trinajstić information content (AvgIpc) is 2.44. The molecule has 0 amide bonds. The highest BCUT2D eigenvalue weighted by Gasteiger charge is 2.02. The first-order chi connectivity index (χ1) is 5.81. The van der Waals surface area contributed by atoms with Crippen LogP contribution in [0.15, 0.2) is 28.1 Å². The zero-order valence-electron chi connectivity index (χ0n) is 6.18. The van der Waals surface area contributed by atoms with Gasteiger partial charge in [0.25, 0.3) is 0 Å². The van der Waals surface area contributed by atoms with Crippen LogP contribution in [0.2, 0.25) is 0 Å². The molecule has 0 aliphatic rings. The van der Waals surface area contributed by atoms with Crippen molar-refractivity contribution < 1.29 is 0 Å². The molecule has 12 heavy (non-hydrogen) atoms. The number of halogens is 2. The Morgan fingerprint density at radius 1 is 1.33 bits per heavy atom. The lowest BCUT2D eigenvalue weighted by Gasteiger charge is -1.95. The molecule has 0 bridgehead atoms. The molecule has 0 radical (unpaired) electrons. The molecule has 0 aliphatic heterocycles. The van der Waals surface area contributed by atoms with E-state index >= 15 is 0 Å². The molecule has 1 aromatic carbocycles. The zero-order valence-corrected chi connectivity index (χ0v) is 10.2. The van der Waals surface area contributed by atoms with Crippen molar-refractivity contribution in [2.75, 3.05) is 0 Å². The van der Waals surface area contributed by atoms with Gasteiger partial charge in [0, 0.05) is 10.0 Å². The van der Waals surface area contributed by atoms with Crippen molar-refractivity contribution in [1.29, 1.82) is 0 Å². The Kier molecular flexibility index (Phi) is 2.53. The van der Waals surface area contributed by atoms with Gasteiger partial charge in [-0.25, -0.2) is 0 Å². The summed E-state index contributed by atoms with van der Waals surface area (Å²) < 4.78 is 2.55. The van der Waals surface area contributed by atoms with E-state index in [0.29, 0.717) is 0 Å². The third-order valence-corrected chi connectivity index (χ3v) is 3.97. The first-order valence-electron chi connectivity index (χ1n) is 3.54. The monoisotopic (exact) mass is 304 g/mol. The molecule has 0 nitrogen and oxygen atoms in total. The van der Waals surface area contributed by atoms with Crippen LogP contribution in [0.25, 0.3) is 10.1 Å². The van der Waals surface area contributed by atoms with Gasteiger partial charge in [0.2, 0.25) is 0 Å². The van der Waals surface area contributed by atoms with Crippen molar-refractivity contribution in [3.05, 3.63) is 33.6 Å². The van der Waals surface area contributed by atoms with E-state index in [-0.39, 0.29) is 0 Å². The second kappa shape index (κ2) is 3.48. The lowest BCUT2D eigenvalue weighted by Crippen LogP contribution is -1.75. The van der Waals surface area contributed by atoms with Gasteiger partial charge in [-0.2, -0.15) is 0 Å². The molecule has 0 unspecified atom stereocenters. The first kappa shape index (κ1) is 8.73. The lowest BCUT2D eigenvalue weighted by atomic mass is 10.2. The molecule has 0 saturated carbocycles. The predicted octanol–water partition coefficient (Wildman–Crippen LogP) is 4.56. The largest absolute Gasteiger partial charge is 0.128 e. The van der Waals surface area contributed by atoms with E-state index in [1.54, 1.807) is 11.3 Å². The molecule has 2 rings (SSSR count). The Hall–Kier alpha value is 0.140. The maximum atomic E-state index is 3.49. The predicted molar refractivity (Wildman–Crippen MR) is 62.2 cm³/mol. The summed E-state index contributed by atoms with van der Waals surface area (Å²) in [7, 11) is 0. The van der Waals surface area contributed by atoms with E-state index < -0.39 is 0 Å². The van der Waals surface area contributed by atoms with Crippen molar-refractivity contribution in [2.45, 2.75) is 5.33 Å². The molecule has 1 heterocycles. The highest BCUT2D eigenvalue weighted by atomic mass is 79.9. The van der Waals surface area contributed by atoms with E-state index in [1.807, 2.05) is 0 Å². The number of thiophene rings is 1. The second-order valence-corrected chi connectivity index (χ2v) is 5.54. The van der Waals surface area contributed by atoms with Gasteiger partial charge in [-0.3, -0.25) is 0 Å². The molecule has 3 heteroatoms. The molecule has 0 saturated heterocycles. The maximum absolute atomic E-state index is 3.49. The van der Waals surface area contributed by atoms with Gasteiger partial charge in [0.05, 0.1) is 3.79 Å². The molecule has 0 N–H and O–H groups in total. The summed E-state index contributed by atoms with van der Waals surface area (Å²) in [6.45, 7) is 0. The first-order valence-corrected chi connectivity index (χ1v) is 6.27. The summed E-state index contributed by atoms with van der Waals surface area (Å²) in [6, 6.07) is 8.58. The van der Waals surface area contributed by atoms with Gasteiger partial charge >= 0.3 is 0 Å². The van der Waals surface area contributed by atoms with Crippen LogP contribution < -0.4 is 0 Å². The normalized spacial score (nSPS) is 10.8.